The lowest BCUT2D eigenvalue weighted by Crippen LogP contribution is -2.36. The van der Waals surface area contributed by atoms with Gasteiger partial charge in [-0.05, 0) is 13.8 Å². The SMILES string of the molecule is C=CC(O)C(C)(C)C(=O)OC. The van der Waals surface area contributed by atoms with Crippen LogP contribution in [0.15, 0.2) is 12.7 Å². The van der Waals surface area contributed by atoms with Crippen molar-refractivity contribution in [3.8, 4) is 0 Å². The van der Waals surface area contributed by atoms with Gasteiger partial charge in [0.2, 0.25) is 0 Å². The number of rotatable bonds is 3. The number of carbonyl (C=O) groups excluding carboxylic acids is 1. The molecule has 0 aliphatic heterocycles. The van der Waals surface area contributed by atoms with E-state index in [0.29, 0.717) is 0 Å². The second-order valence-electron chi connectivity index (χ2n) is 2.89. The summed E-state index contributed by atoms with van der Waals surface area (Å²) in [7, 11) is 1.29. The fourth-order valence-corrected chi connectivity index (χ4v) is 0.678. The monoisotopic (exact) mass is 158 g/mol. The summed E-state index contributed by atoms with van der Waals surface area (Å²) in [5.41, 5.74) is -0.906. The van der Waals surface area contributed by atoms with Crippen LogP contribution in [0.5, 0.6) is 0 Å². The molecular formula is C8H14O3. The number of methoxy groups -OCH3 is 1. The van der Waals surface area contributed by atoms with E-state index < -0.39 is 17.5 Å². The molecule has 0 aliphatic carbocycles. The lowest BCUT2D eigenvalue weighted by Gasteiger charge is -2.24. The number of aliphatic hydroxyl groups excluding tert-OH is 1. The highest BCUT2D eigenvalue weighted by atomic mass is 16.5. The van der Waals surface area contributed by atoms with Crippen molar-refractivity contribution in [3.63, 3.8) is 0 Å². The summed E-state index contributed by atoms with van der Waals surface area (Å²) in [6.45, 7) is 6.59. The van der Waals surface area contributed by atoms with Crippen molar-refractivity contribution in [1.82, 2.24) is 0 Å². The molecule has 1 unspecified atom stereocenters. The fraction of sp³-hybridized carbons (Fsp3) is 0.625. The maximum Gasteiger partial charge on any atom is 0.314 e. The first-order chi connectivity index (χ1) is 4.96. The van der Waals surface area contributed by atoms with E-state index in [1.165, 1.54) is 13.2 Å². The minimum Gasteiger partial charge on any atom is -0.469 e. The number of ether oxygens (including phenoxy) is 1. The molecule has 0 radical (unpaired) electrons. The van der Waals surface area contributed by atoms with Crippen LogP contribution >= 0.6 is 0 Å². The van der Waals surface area contributed by atoms with E-state index in [9.17, 15) is 9.90 Å². The Hall–Kier alpha value is -0.830. The predicted octanol–water partition coefficient (Wildman–Crippen LogP) is 0.732. The van der Waals surface area contributed by atoms with Crippen molar-refractivity contribution < 1.29 is 14.6 Å². The highest BCUT2D eigenvalue weighted by Gasteiger charge is 2.34. The van der Waals surface area contributed by atoms with Gasteiger partial charge in [0, 0.05) is 0 Å². The van der Waals surface area contributed by atoms with Gasteiger partial charge in [-0.2, -0.15) is 0 Å². The zero-order valence-corrected chi connectivity index (χ0v) is 7.13. The van der Waals surface area contributed by atoms with Crippen molar-refractivity contribution in [3.05, 3.63) is 12.7 Å². The van der Waals surface area contributed by atoms with Crippen molar-refractivity contribution in [2.45, 2.75) is 20.0 Å². The number of hydrogen-bond acceptors (Lipinski definition) is 3. The first kappa shape index (κ1) is 10.2. The summed E-state index contributed by atoms with van der Waals surface area (Å²) in [5, 5.41) is 9.27. The molecule has 0 saturated carbocycles. The molecule has 0 aliphatic rings. The first-order valence-corrected chi connectivity index (χ1v) is 3.35. The van der Waals surface area contributed by atoms with Gasteiger partial charge in [-0.1, -0.05) is 6.08 Å². The third-order valence-electron chi connectivity index (χ3n) is 1.67. The van der Waals surface area contributed by atoms with Crippen LogP contribution < -0.4 is 0 Å². The third-order valence-corrected chi connectivity index (χ3v) is 1.67. The van der Waals surface area contributed by atoms with E-state index in [4.69, 9.17) is 0 Å². The van der Waals surface area contributed by atoms with E-state index in [0.717, 1.165) is 0 Å². The highest BCUT2D eigenvalue weighted by Crippen LogP contribution is 2.22. The molecule has 64 valence electrons. The van der Waals surface area contributed by atoms with Crippen molar-refractivity contribution in [1.29, 1.82) is 0 Å². The zero-order valence-electron chi connectivity index (χ0n) is 7.13. The molecule has 0 rings (SSSR count). The molecule has 0 bridgehead atoms. The second-order valence-corrected chi connectivity index (χ2v) is 2.89. The Kier molecular flexibility index (Phi) is 3.26. The molecule has 3 nitrogen and oxygen atoms in total. The number of aliphatic hydroxyl groups is 1. The average molecular weight is 158 g/mol. The van der Waals surface area contributed by atoms with Gasteiger partial charge in [0.05, 0.1) is 18.6 Å². The Morgan fingerprint density at radius 2 is 2.18 bits per heavy atom. The summed E-state index contributed by atoms with van der Waals surface area (Å²) in [4.78, 5) is 11.0. The molecule has 0 aromatic rings. The number of carbonyl (C=O) groups is 1. The van der Waals surface area contributed by atoms with Gasteiger partial charge in [0.1, 0.15) is 0 Å². The Bertz CT molecular complexity index is 161. The predicted molar refractivity (Wildman–Crippen MR) is 42.0 cm³/mol. The lowest BCUT2D eigenvalue weighted by molar-refractivity contribution is -0.155. The van der Waals surface area contributed by atoms with Gasteiger partial charge in [0.15, 0.2) is 0 Å². The van der Waals surface area contributed by atoms with E-state index in [-0.39, 0.29) is 0 Å². The minimum atomic E-state index is -0.906. The molecule has 11 heavy (non-hydrogen) atoms. The summed E-state index contributed by atoms with van der Waals surface area (Å²) < 4.78 is 4.49. The largest absolute Gasteiger partial charge is 0.469 e. The van der Waals surface area contributed by atoms with Gasteiger partial charge < -0.3 is 9.84 Å². The van der Waals surface area contributed by atoms with Crippen LogP contribution in [0.2, 0.25) is 0 Å². The molecule has 0 aromatic heterocycles. The first-order valence-electron chi connectivity index (χ1n) is 3.35. The van der Waals surface area contributed by atoms with Gasteiger partial charge >= 0.3 is 5.97 Å². The molecule has 0 spiro atoms. The van der Waals surface area contributed by atoms with E-state index in [1.54, 1.807) is 13.8 Å². The summed E-state index contributed by atoms with van der Waals surface area (Å²) >= 11 is 0. The molecule has 3 heteroatoms. The maximum absolute atomic E-state index is 11.0. The van der Waals surface area contributed by atoms with Gasteiger partial charge in [-0.15, -0.1) is 6.58 Å². The topological polar surface area (TPSA) is 46.5 Å². The van der Waals surface area contributed by atoms with Crippen molar-refractivity contribution in [2.24, 2.45) is 5.41 Å². The van der Waals surface area contributed by atoms with Crippen LogP contribution in [-0.2, 0) is 9.53 Å². The van der Waals surface area contributed by atoms with E-state index in [2.05, 4.69) is 11.3 Å². The van der Waals surface area contributed by atoms with Gasteiger partial charge in [-0.3, -0.25) is 4.79 Å². The molecule has 1 N–H and O–H groups in total. The summed E-state index contributed by atoms with van der Waals surface area (Å²) in [5.74, 6) is -0.440. The molecule has 1 atom stereocenters. The van der Waals surface area contributed by atoms with Crippen LogP contribution in [0.3, 0.4) is 0 Å². The van der Waals surface area contributed by atoms with E-state index >= 15 is 0 Å². The van der Waals surface area contributed by atoms with Crippen molar-refractivity contribution >= 4 is 5.97 Å². The molecular weight excluding hydrogens is 144 g/mol. The Morgan fingerprint density at radius 3 is 2.45 bits per heavy atom. The van der Waals surface area contributed by atoms with Gasteiger partial charge in [-0.25, -0.2) is 0 Å². The molecule has 0 aromatic carbocycles. The molecule has 0 saturated heterocycles. The Balaban J connectivity index is 4.43. The Labute approximate surface area is 66.7 Å². The highest BCUT2D eigenvalue weighted by molar-refractivity contribution is 5.76. The summed E-state index contributed by atoms with van der Waals surface area (Å²) in [6.07, 6.45) is 0.451. The third kappa shape index (κ3) is 2.05. The van der Waals surface area contributed by atoms with Crippen molar-refractivity contribution in [2.75, 3.05) is 7.11 Å². The average Bonchev–Trinajstić information content (AvgIpc) is 2.01. The lowest BCUT2D eigenvalue weighted by atomic mass is 9.87. The maximum atomic E-state index is 11.0. The summed E-state index contributed by atoms with van der Waals surface area (Å²) in [6, 6.07) is 0. The molecule has 0 amide bonds. The van der Waals surface area contributed by atoms with Crippen LogP contribution in [0.25, 0.3) is 0 Å². The van der Waals surface area contributed by atoms with Crippen LogP contribution in [0, 0.1) is 5.41 Å². The minimum absolute atomic E-state index is 0.440. The fourth-order valence-electron chi connectivity index (χ4n) is 0.678. The standard InChI is InChI=1S/C8H14O3/c1-5-6(9)8(2,3)7(10)11-4/h5-6,9H,1H2,2-4H3. The van der Waals surface area contributed by atoms with Gasteiger partial charge in [0.25, 0.3) is 0 Å². The molecule has 0 fully saturated rings. The van der Waals surface area contributed by atoms with Crippen LogP contribution in [-0.4, -0.2) is 24.3 Å². The van der Waals surface area contributed by atoms with Crippen LogP contribution in [0.4, 0.5) is 0 Å². The quantitative estimate of drug-likeness (QED) is 0.486. The second kappa shape index (κ2) is 3.53. The Morgan fingerprint density at radius 1 is 1.73 bits per heavy atom. The molecule has 0 heterocycles. The number of esters is 1. The van der Waals surface area contributed by atoms with E-state index in [1.807, 2.05) is 0 Å². The smallest absolute Gasteiger partial charge is 0.314 e. The van der Waals surface area contributed by atoms with Crippen LogP contribution in [0.1, 0.15) is 13.8 Å². The normalized spacial score (nSPS) is 13.8. The zero-order chi connectivity index (χ0) is 9.07. The number of hydrogen-bond donors (Lipinski definition) is 1.